The molecule has 4 heterocycles. The number of carbonyl (C=O) groups excluding carboxylic acids is 1. The van der Waals surface area contributed by atoms with Crippen LogP contribution in [0, 0.1) is 0 Å². The van der Waals surface area contributed by atoms with Crippen LogP contribution in [0.1, 0.15) is 36.2 Å². The summed E-state index contributed by atoms with van der Waals surface area (Å²) in [5.74, 6) is 0.845. The van der Waals surface area contributed by atoms with Gasteiger partial charge in [0.2, 0.25) is 0 Å². The second-order valence-electron chi connectivity index (χ2n) is 8.13. The number of aromatic nitrogens is 5. The van der Waals surface area contributed by atoms with Crippen molar-refractivity contribution in [2.45, 2.75) is 37.8 Å². The molecule has 0 radical (unpaired) electrons. The van der Waals surface area contributed by atoms with E-state index >= 15 is 0 Å². The van der Waals surface area contributed by atoms with Gasteiger partial charge in [0, 0.05) is 30.2 Å². The van der Waals surface area contributed by atoms with Gasteiger partial charge in [0.1, 0.15) is 16.8 Å². The van der Waals surface area contributed by atoms with E-state index in [9.17, 15) is 9.90 Å². The summed E-state index contributed by atoms with van der Waals surface area (Å²) in [5, 5.41) is 24.3. The Balaban J connectivity index is 1.49. The Morgan fingerprint density at radius 3 is 2.65 bits per heavy atom. The highest BCUT2D eigenvalue weighted by atomic mass is 35.5. The van der Waals surface area contributed by atoms with Crippen LogP contribution in [0.3, 0.4) is 0 Å². The molecular weight excluding hydrogens is 456 g/mol. The van der Waals surface area contributed by atoms with Gasteiger partial charge in [0.15, 0.2) is 11.3 Å². The summed E-state index contributed by atoms with van der Waals surface area (Å²) in [6.45, 7) is 0. The average Bonchev–Trinajstić information content (AvgIpc) is 3.26. The van der Waals surface area contributed by atoms with Crippen molar-refractivity contribution >= 4 is 46.2 Å². The Morgan fingerprint density at radius 2 is 1.88 bits per heavy atom. The third-order valence-electron chi connectivity index (χ3n) is 5.66. The number of amides is 1. The molecular formula is C23H23ClN8O2. The van der Waals surface area contributed by atoms with Crippen molar-refractivity contribution in [1.82, 2.24) is 24.6 Å². The van der Waals surface area contributed by atoms with Gasteiger partial charge in [-0.3, -0.25) is 4.79 Å². The summed E-state index contributed by atoms with van der Waals surface area (Å²) in [4.78, 5) is 25.7. The van der Waals surface area contributed by atoms with Crippen molar-refractivity contribution in [2.24, 2.45) is 0 Å². The SMILES string of the molecule is O=C(Nc1ccnc(Cl)c1)c1cnc2c(Nc3ccccn3)cc(N[C@H]3CC[C@H](O)CC3)nn12. The van der Waals surface area contributed by atoms with Crippen LogP contribution in [0.25, 0.3) is 5.65 Å². The van der Waals surface area contributed by atoms with Gasteiger partial charge in [0.05, 0.1) is 18.0 Å². The summed E-state index contributed by atoms with van der Waals surface area (Å²) in [7, 11) is 0. The Labute approximate surface area is 200 Å². The van der Waals surface area contributed by atoms with Crippen molar-refractivity contribution < 1.29 is 9.90 Å². The number of halogens is 1. The van der Waals surface area contributed by atoms with Crippen LogP contribution in [0.2, 0.25) is 5.15 Å². The lowest BCUT2D eigenvalue weighted by Gasteiger charge is -2.26. The van der Waals surface area contributed by atoms with E-state index in [0.29, 0.717) is 28.7 Å². The highest BCUT2D eigenvalue weighted by Gasteiger charge is 2.22. The van der Waals surface area contributed by atoms with Crippen molar-refractivity contribution in [3.63, 3.8) is 0 Å². The molecule has 0 atom stereocenters. The number of hydrogen-bond acceptors (Lipinski definition) is 8. The quantitative estimate of drug-likeness (QED) is 0.307. The zero-order chi connectivity index (χ0) is 23.5. The minimum absolute atomic E-state index is 0.177. The zero-order valence-corrected chi connectivity index (χ0v) is 18.9. The van der Waals surface area contributed by atoms with E-state index in [0.717, 1.165) is 25.7 Å². The molecule has 0 unspecified atom stereocenters. The standard InChI is InChI=1S/C23H23ClN8O2/c24-19-11-15(8-10-25-19)29-23(34)18-13-27-22-17(30-20-3-1-2-9-26-20)12-21(31-32(18)22)28-14-4-6-16(33)7-5-14/h1-3,8-14,16,33H,4-7H2,(H,26,30)(H,28,31)(H,25,29,34)/t14-,16-. The molecule has 0 bridgehead atoms. The van der Waals surface area contributed by atoms with Gasteiger partial charge >= 0.3 is 0 Å². The fourth-order valence-corrected chi connectivity index (χ4v) is 4.14. The lowest BCUT2D eigenvalue weighted by Crippen LogP contribution is -2.29. The highest BCUT2D eigenvalue weighted by molar-refractivity contribution is 6.29. The van der Waals surface area contributed by atoms with Crippen molar-refractivity contribution in [1.29, 1.82) is 0 Å². The first-order valence-corrected chi connectivity index (χ1v) is 11.4. The molecule has 0 aliphatic heterocycles. The first-order valence-electron chi connectivity index (χ1n) is 11.0. The molecule has 5 rings (SSSR count). The first kappa shape index (κ1) is 22.1. The van der Waals surface area contributed by atoms with E-state index in [1.165, 1.54) is 16.9 Å². The number of anilines is 4. The summed E-state index contributed by atoms with van der Waals surface area (Å²) < 4.78 is 1.50. The maximum absolute atomic E-state index is 13.1. The lowest BCUT2D eigenvalue weighted by molar-refractivity contribution is 0.102. The average molecular weight is 479 g/mol. The fraction of sp³-hybridized carbons (Fsp3) is 0.261. The van der Waals surface area contributed by atoms with Crippen LogP contribution in [0.5, 0.6) is 0 Å². The van der Waals surface area contributed by atoms with Crippen LogP contribution in [-0.4, -0.2) is 47.7 Å². The van der Waals surface area contributed by atoms with E-state index in [-0.39, 0.29) is 28.9 Å². The van der Waals surface area contributed by atoms with E-state index < -0.39 is 0 Å². The second-order valence-corrected chi connectivity index (χ2v) is 8.52. The molecule has 0 spiro atoms. The number of pyridine rings is 2. The molecule has 4 aromatic rings. The van der Waals surface area contributed by atoms with Gasteiger partial charge in [-0.05, 0) is 49.9 Å². The van der Waals surface area contributed by atoms with E-state index in [2.05, 4.69) is 36.0 Å². The molecule has 34 heavy (non-hydrogen) atoms. The monoisotopic (exact) mass is 478 g/mol. The fourth-order valence-electron chi connectivity index (χ4n) is 3.97. The first-order chi connectivity index (χ1) is 16.5. The summed E-state index contributed by atoms with van der Waals surface area (Å²) >= 11 is 5.94. The molecule has 1 fully saturated rings. The lowest BCUT2D eigenvalue weighted by atomic mass is 9.93. The van der Waals surface area contributed by atoms with Crippen LogP contribution in [0.4, 0.5) is 23.0 Å². The number of carbonyl (C=O) groups is 1. The minimum Gasteiger partial charge on any atom is -0.393 e. The summed E-state index contributed by atoms with van der Waals surface area (Å²) in [6, 6.07) is 10.8. The number of aliphatic hydroxyl groups excluding tert-OH is 1. The smallest absolute Gasteiger partial charge is 0.276 e. The third kappa shape index (κ3) is 4.92. The zero-order valence-electron chi connectivity index (χ0n) is 18.1. The van der Waals surface area contributed by atoms with Crippen LogP contribution >= 0.6 is 11.6 Å². The number of hydrogen-bond donors (Lipinski definition) is 4. The molecule has 1 amide bonds. The number of imidazole rings is 1. The molecule has 4 N–H and O–H groups in total. The molecule has 4 aromatic heterocycles. The van der Waals surface area contributed by atoms with Crippen molar-refractivity contribution in [3.8, 4) is 0 Å². The van der Waals surface area contributed by atoms with E-state index in [4.69, 9.17) is 11.6 Å². The normalized spacial score (nSPS) is 17.9. The van der Waals surface area contributed by atoms with Gasteiger partial charge in [-0.2, -0.15) is 0 Å². The van der Waals surface area contributed by atoms with Gasteiger partial charge in [0.25, 0.3) is 5.91 Å². The van der Waals surface area contributed by atoms with Crippen LogP contribution in [0.15, 0.2) is 55.0 Å². The van der Waals surface area contributed by atoms with Gasteiger partial charge in [-0.15, -0.1) is 5.10 Å². The maximum atomic E-state index is 13.1. The molecule has 11 heteroatoms. The van der Waals surface area contributed by atoms with Crippen molar-refractivity contribution in [2.75, 3.05) is 16.0 Å². The largest absolute Gasteiger partial charge is 0.393 e. The molecule has 1 aliphatic rings. The number of aliphatic hydroxyl groups is 1. The molecule has 0 saturated heterocycles. The molecule has 1 aliphatic carbocycles. The topological polar surface area (TPSA) is 129 Å². The number of nitrogens with one attached hydrogen (secondary N) is 3. The Kier molecular flexibility index (Phi) is 6.24. The predicted octanol–water partition coefficient (Wildman–Crippen LogP) is 3.88. The summed E-state index contributed by atoms with van der Waals surface area (Å²) in [5.41, 5.74) is 1.91. The summed E-state index contributed by atoms with van der Waals surface area (Å²) in [6.07, 6.45) is 7.60. The van der Waals surface area contributed by atoms with Crippen LogP contribution in [-0.2, 0) is 0 Å². The highest BCUT2D eigenvalue weighted by Crippen LogP contribution is 2.27. The van der Waals surface area contributed by atoms with E-state index in [1.54, 1.807) is 18.3 Å². The second kappa shape index (κ2) is 9.62. The number of rotatable bonds is 6. The van der Waals surface area contributed by atoms with Gasteiger partial charge in [-0.25, -0.2) is 19.5 Å². The van der Waals surface area contributed by atoms with Gasteiger partial charge < -0.3 is 21.1 Å². The molecule has 10 nitrogen and oxygen atoms in total. The molecule has 0 aromatic carbocycles. The minimum atomic E-state index is -0.385. The Morgan fingerprint density at radius 1 is 1.03 bits per heavy atom. The Hall–Kier alpha value is -3.76. The van der Waals surface area contributed by atoms with Gasteiger partial charge in [-0.1, -0.05) is 17.7 Å². The number of fused-ring (bicyclic) bond motifs is 1. The molecule has 174 valence electrons. The number of nitrogens with zero attached hydrogens (tertiary/aromatic N) is 5. The predicted molar refractivity (Wildman–Crippen MR) is 130 cm³/mol. The van der Waals surface area contributed by atoms with Crippen molar-refractivity contribution in [3.05, 3.63) is 65.8 Å². The maximum Gasteiger partial charge on any atom is 0.276 e. The Bertz CT molecular complexity index is 1310. The third-order valence-corrected chi connectivity index (χ3v) is 5.87. The van der Waals surface area contributed by atoms with Crippen LogP contribution < -0.4 is 16.0 Å². The van der Waals surface area contributed by atoms with E-state index in [1.807, 2.05) is 24.3 Å². The molecule has 1 saturated carbocycles.